The average molecular weight is 348 g/mol. The van der Waals surface area contributed by atoms with E-state index in [0.717, 1.165) is 37.0 Å². The fourth-order valence-electron chi connectivity index (χ4n) is 3.16. The molecule has 1 heterocycles. The second kappa shape index (κ2) is 10.1. The summed E-state index contributed by atoms with van der Waals surface area (Å²) in [5, 5.41) is 6.67. The van der Waals surface area contributed by atoms with Crippen LogP contribution in [0.4, 0.5) is 5.69 Å². The van der Waals surface area contributed by atoms with Crippen LogP contribution in [0.25, 0.3) is 0 Å². The highest BCUT2D eigenvalue weighted by atomic mass is 16.5. The van der Waals surface area contributed by atoms with Gasteiger partial charge in [-0.25, -0.2) is 0 Å². The molecular formula is C19H32N4O2. The van der Waals surface area contributed by atoms with Crippen molar-refractivity contribution in [3.05, 3.63) is 18.2 Å². The van der Waals surface area contributed by atoms with E-state index in [4.69, 9.17) is 14.5 Å². The molecule has 25 heavy (non-hydrogen) atoms. The van der Waals surface area contributed by atoms with Crippen molar-refractivity contribution in [1.29, 1.82) is 0 Å². The van der Waals surface area contributed by atoms with Crippen LogP contribution in [-0.4, -0.2) is 57.8 Å². The number of nitrogens with zero attached hydrogens (tertiary/aromatic N) is 2. The van der Waals surface area contributed by atoms with Gasteiger partial charge in [0, 0.05) is 31.4 Å². The molecule has 1 saturated heterocycles. The van der Waals surface area contributed by atoms with E-state index in [2.05, 4.69) is 29.4 Å². The maximum atomic E-state index is 5.36. The molecule has 1 fully saturated rings. The third-order valence-corrected chi connectivity index (χ3v) is 4.41. The van der Waals surface area contributed by atoms with Crippen molar-refractivity contribution in [1.82, 2.24) is 10.2 Å². The molecule has 0 amide bonds. The van der Waals surface area contributed by atoms with Crippen LogP contribution in [0.3, 0.4) is 0 Å². The highest BCUT2D eigenvalue weighted by molar-refractivity contribution is 5.93. The summed E-state index contributed by atoms with van der Waals surface area (Å²) in [5.41, 5.74) is 0.927. The minimum absolute atomic E-state index is 0.646. The Hall–Kier alpha value is -1.95. The third kappa shape index (κ3) is 5.81. The molecule has 1 atom stereocenters. The molecule has 2 N–H and O–H groups in total. The maximum absolute atomic E-state index is 5.36. The highest BCUT2D eigenvalue weighted by Crippen LogP contribution is 2.29. The molecule has 0 bridgehead atoms. The predicted molar refractivity (Wildman–Crippen MR) is 104 cm³/mol. The van der Waals surface area contributed by atoms with Crippen LogP contribution in [0.1, 0.15) is 26.7 Å². The van der Waals surface area contributed by atoms with Gasteiger partial charge in [-0.15, -0.1) is 0 Å². The second-order valence-corrected chi connectivity index (χ2v) is 6.37. The summed E-state index contributed by atoms with van der Waals surface area (Å²) in [6.45, 7) is 9.55. The van der Waals surface area contributed by atoms with Crippen LogP contribution in [0, 0.1) is 5.92 Å². The first kappa shape index (κ1) is 19.4. The van der Waals surface area contributed by atoms with Gasteiger partial charge < -0.3 is 25.0 Å². The molecule has 1 unspecified atom stereocenters. The summed E-state index contributed by atoms with van der Waals surface area (Å²) >= 11 is 0. The number of nitrogens with one attached hydrogen (secondary N) is 2. The van der Waals surface area contributed by atoms with Crippen LogP contribution >= 0.6 is 0 Å². The van der Waals surface area contributed by atoms with Gasteiger partial charge in [-0.05, 0) is 50.9 Å². The van der Waals surface area contributed by atoms with Crippen molar-refractivity contribution in [3.63, 3.8) is 0 Å². The Morgan fingerprint density at radius 2 is 2.04 bits per heavy atom. The van der Waals surface area contributed by atoms with E-state index in [-0.39, 0.29) is 0 Å². The lowest BCUT2D eigenvalue weighted by molar-refractivity contribution is 0.326. The molecule has 0 saturated carbocycles. The molecule has 1 aromatic rings. The Morgan fingerprint density at radius 1 is 1.24 bits per heavy atom. The first-order chi connectivity index (χ1) is 12.2. The number of hydrogen-bond donors (Lipinski definition) is 2. The van der Waals surface area contributed by atoms with Crippen molar-refractivity contribution in [2.45, 2.75) is 26.7 Å². The molecule has 1 aromatic carbocycles. The van der Waals surface area contributed by atoms with Crippen molar-refractivity contribution in [3.8, 4) is 11.5 Å². The van der Waals surface area contributed by atoms with Crippen molar-refractivity contribution >= 4 is 11.6 Å². The average Bonchev–Trinajstić information content (AvgIpc) is 3.07. The van der Waals surface area contributed by atoms with Crippen molar-refractivity contribution in [2.24, 2.45) is 10.9 Å². The Bertz CT molecular complexity index is 562. The summed E-state index contributed by atoms with van der Waals surface area (Å²) in [7, 11) is 3.28. The van der Waals surface area contributed by atoms with E-state index in [1.54, 1.807) is 14.2 Å². The van der Waals surface area contributed by atoms with Gasteiger partial charge in [0.2, 0.25) is 0 Å². The first-order valence-electron chi connectivity index (χ1n) is 9.19. The van der Waals surface area contributed by atoms with Crippen molar-refractivity contribution < 1.29 is 9.47 Å². The quantitative estimate of drug-likeness (QED) is 0.559. The number of guanidine groups is 1. The zero-order chi connectivity index (χ0) is 18.1. The molecular weight excluding hydrogens is 316 g/mol. The minimum Gasteiger partial charge on any atom is -0.493 e. The number of rotatable bonds is 8. The summed E-state index contributed by atoms with van der Waals surface area (Å²) in [4.78, 5) is 7.32. The molecule has 0 aliphatic carbocycles. The number of ether oxygens (including phenoxy) is 2. The minimum atomic E-state index is 0.646. The molecule has 6 heteroatoms. The van der Waals surface area contributed by atoms with Gasteiger partial charge >= 0.3 is 0 Å². The Balaban J connectivity index is 1.98. The fourth-order valence-corrected chi connectivity index (χ4v) is 3.16. The Labute approximate surface area is 151 Å². The molecule has 1 aliphatic rings. The highest BCUT2D eigenvalue weighted by Gasteiger charge is 2.21. The Kier molecular flexibility index (Phi) is 7.85. The van der Waals surface area contributed by atoms with E-state index in [0.29, 0.717) is 11.7 Å². The molecule has 140 valence electrons. The van der Waals surface area contributed by atoms with Crippen LogP contribution in [0.2, 0.25) is 0 Å². The smallest absolute Gasteiger partial charge is 0.195 e. The number of benzene rings is 1. The van der Waals surface area contributed by atoms with Gasteiger partial charge in [-0.1, -0.05) is 6.92 Å². The van der Waals surface area contributed by atoms with Crippen molar-refractivity contribution in [2.75, 3.05) is 52.3 Å². The topological polar surface area (TPSA) is 58.1 Å². The van der Waals surface area contributed by atoms with E-state index in [1.807, 2.05) is 18.2 Å². The van der Waals surface area contributed by atoms with Crippen LogP contribution in [-0.2, 0) is 0 Å². The zero-order valence-corrected chi connectivity index (χ0v) is 16.0. The summed E-state index contributed by atoms with van der Waals surface area (Å²) in [5.74, 6) is 2.88. The zero-order valence-electron chi connectivity index (χ0n) is 16.0. The summed E-state index contributed by atoms with van der Waals surface area (Å²) in [6.07, 6.45) is 2.46. The predicted octanol–water partition coefficient (Wildman–Crippen LogP) is 2.81. The lowest BCUT2D eigenvalue weighted by Gasteiger charge is -2.15. The number of anilines is 1. The van der Waals surface area contributed by atoms with E-state index in [9.17, 15) is 0 Å². The molecule has 0 radical (unpaired) electrons. The molecule has 2 rings (SSSR count). The van der Waals surface area contributed by atoms with Gasteiger partial charge in [0.15, 0.2) is 17.5 Å². The van der Waals surface area contributed by atoms with E-state index >= 15 is 0 Å². The largest absolute Gasteiger partial charge is 0.493 e. The van der Waals surface area contributed by atoms with E-state index in [1.165, 1.54) is 25.9 Å². The normalized spacial score (nSPS) is 18.2. The SMILES string of the molecule is CCCN1CCC(CN=C(NCC)Nc2ccc(OC)c(OC)c2)C1. The molecule has 0 aromatic heterocycles. The molecule has 6 nitrogen and oxygen atoms in total. The number of methoxy groups -OCH3 is 2. The number of likely N-dealkylation sites (tertiary alicyclic amines) is 1. The van der Waals surface area contributed by atoms with Gasteiger partial charge in [-0.3, -0.25) is 4.99 Å². The van der Waals surface area contributed by atoms with Crippen LogP contribution < -0.4 is 20.1 Å². The molecule has 0 spiro atoms. The van der Waals surface area contributed by atoms with E-state index < -0.39 is 0 Å². The lowest BCUT2D eigenvalue weighted by Crippen LogP contribution is -2.31. The molecule has 1 aliphatic heterocycles. The van der Waals surface area contributed by atoms with Gasteiger partial charge in [0.1, 0.15) is 0 Å². The Morgan fingerprint density at radius 3 is 2.72 bits per heavy atom. The van der Waals surface area contributed by atoms with Gasteiger partial charge in [0.05, 0.1) is 14.2 Å². The third-order valence-electron chi connectivity index (χ3n) is 4.41. The summed E-state index contributed by atoms with van der Waals surface area (Å²) in [6, 6.07) is 5.78. The van der Waals surface area contributed by atoms with Gasteiger partial charge in [0.25, 0.3) is 0 Å². The first-order valence-corrected chi connectivity index (χ1v) is 9.19. The van der Waals surface area contributed by atoms with Crippen LogP contribution in [0.15, 0.2) is 23.2 Å². The van der Waals surface area contributed by atoms with Crippen LogP contribution in [0.5, 0.6) is 11.5 Å². The standard InChI is InChI=1S/C19H32N4O2/c1-5-10-23-11-9-15(14-23)13-21-19(20-6-2)22-16-7-8-17(24-3)18(12-16)25-4/h7-8,12,15H,5-6,9-11,13-14H2,1-4H3,(H2,20,21,22). The second-order valence-electron chi connectivity index (χ2n) is 6.37. The monoisotopic (exact) mass is 348 g/mol. The maximum Gasteiger partial charge on any atom is 0.195 e. The summed E-state index contributed by atoms with van der Waals surface area (Å²) < 4.78 is 10.6. The lowest BCUT2D eigenvalue weighted by atomic mass is 10.1. The fraction of sp³-hybridized carbons (Fsp3) is 0.632. The number of hydrogen-bond acceptors (Lipinski definition) is 4. The number of aliphatic imine (C=N–C) groups is 1. The van der Waals surface area contributed by atoms with Gasteiger partial charge in [-0.2, -0.15) is 0 Å².